The third kappa shape index (κ3) is 21700. The maximum atomic E-state index is 4.85. The van der Waals surface area contributed by atoms with Gasteiger partial charge in [0.2, 0.25) is 0 Å². The SMILES string of the molecule is C.CC.CCN. The van der Waals surface area contributed by atoms with Crippen LogP contribution in [0, 0.1) is 0 Å². The summed E-state index contributed by atoms with van der Waals surface area (Å²) in [5.41, 5.74) is 4.85. The van der Waals surface area contributed by atoms with E-state index in [1.807, 2.05) is 20.8 Å². The lowest BCUT2D eigenvalue weighted by Gasteiger charge is -1.53. The van der Waals surface area contributed by atoms with Gasteiger partial charge in [-0.25, -0.2) is 0 Å². The summed E-state index contributed by atoms with van der Waals surface area (Å²) in [6, 6.07) is 0. The lowest BCUT2D eigenvalue weighted by molar-refractivity contribution is 1.14. The normalized spacial score (nSPS) is 4.00. The molecule has 0 amide bonds. The van der Waals surface area contributed by atoms with E-state index in [4.69, 9.17) is 5.73 Å². The largest absolute Gasteiger partial charge is 0.331 e. The van der Waals surface area contributed by atoms with Crippen molar-refractivity contribution in [3.63, 3.8) is 0 Å². The first kappa shape index (κ1) is 16.7. The highest BCUT2D eigenvalue weighted by Crippen LogP contribution is 1.20. The summed E-state index contributed by atoms with van der Waals surface area (Å²) in [7, 11) is 0. The van der Waals surface area contributed by atoms with Crippen LogP contribution in [0.5, 0.6) is 0 Å². The predicted octanol–water partition coefficient (Wildman–Crippen LogP) is 1.63. The molecule has 0 aliphatic heterocycles. The molecule has 0 rings (SSSR count). The third-order valence-electron chi connectivity index (χ3n) is 0. The van der Waals surface area contributed by atoms with E-state index in [-0.39, 0.29) is 7.43 Å². The summed E-state index contributed by atoms with van der Waals surface area (Å²) < 4.78 is 0. The van der Waals surface area contributed by atoms with Crippen molar-refractivity contribution < 1.29 is 0 Å². The molecule has 2 N–H and O–H groups in total. The monoisotopic (exact) mass is 91.1 g/mol. The van der Waals surface area contributed by atoms with E-state index in [9.17, 15) is 0 Å². The average Bonchev–Trinajstić information content (AvgIpc) is 1.46. The fourth-order valence-corrected chi connectivity index (χ4v) is 0. The van der Waals surface area contributed by atoms with Crippen LogP contribution in [0.2, 0.25) is 0 Å². The van der Waals surface area contributed by atoms with E-state index < -0.39 is 0 Å². The minimum atomic E-state index is 0. The fraction of sp³-hybridized carbons (Fsp3) is 1.00. The second-order valence-electron chi connectivity index (χ2n) is 0.408. The Morgan fingerprint density at radius 1 is 1.33 bits per heavy atom. The van der Waals surface area contributed by atoms with Gasteiger partial charge in [-0.05, 0) is 6.54 Å². The molecule has 0 unspecified atom stereocenters. The van der Waals surface area contributed by atoms with E-state index >= 15 is 0 Å². The Bertz CT molecular complexity index is 3.90. The van der Waals surface area contributed by atoms with Gasteiger partial charge in [-0.3, -0.25) is 0 Å². The molecule has 0 aromatic carbocycles. The van der Waals surface area contributed by atoms with Crippen LogP contribution < -0.4 is 5.73 Å². The van der Waals surface area contributed by atoms with Gasteiger partial charge in [-0.2, -0.15) is 0 Å². The highest BCUT2D eigenvalue weighted by molar-refractivity contribution is 4.00. The average molecular weight is 91.2 g/mol. The summed E-state index contributed by atoms with van der Waals surface area (Å²) in [6.07, 6.45) is 0. The quantitative estimate of drug-likeness (QED) is 0.481. The van der Waals surface area contributed by atoms with Crippen LogP contribution in [0.4, 0.5) is 0 Å². The van der Waals surface area contributed by atoms with Gasteiger partial charge in [0.25, 0.3) is 0 Å². The van der Waals surface area contributed by atoms with Crippen molar-refractivity contribution >= 4 is 0 Å². The summed E-state index contributed by atoms with van der Waals surface area (Å²) in [6.45, 7) is 6.65. The van der Waals surface area contributed by atoms with Gasteiger partial charge in [0.1, 0.15) is 0 Å². The Hall–Kier alpha value is -0.0400. The standard InChI is InChI=1S/C2H7N.C2H6.CH4/c1-2-3;1-2;/h2-3H2,1H3;1-2H3;1H4. The van der Waals surface area contributed by atoms with Gasteiger partial charge in [-0.15, -0.1) is 0 Å². The predicted molar refractivity (Wildman–Crippen MR) is 32.8 cm³/mol. The van der Waals surface area contributed by atoms with Gasteiger partial charge in [0.05, 0.1) is 0 Å². The molecule has 0 bridgehead atoms. The van der Waals surface area contributed by atoms with Crippen LogP contribution in [0.3, 0.4) is 0 Å². The molecule has 0 aliphatic rings. The summed E-state index contributed by atoms with van der Waals surface area (Å²) in [5.74, 6) is 0. The Morgan fingerprint density at radius 3 is 1.33 bits per heavy atom. The first-order valence-electron chi connectivity index (χ1n) is 2.12. The number of hydrogen-bond acceptors (Lipinski definition) is 1. The van der Waals surface area contributed by atoms with Crippen LogP contribution in [0.1, 0.15) is 28.2 Å². The fourth-order valence-electron chi connectivity index (χ4n) is 0. The molecule has 42 valence electrons. The molecule has 1 nitrogen and oxygen atoms in total. The highest BCUT2D eigenvalue weighted by atomic mass is 14.5. The van der Waals surface area contributed by atoms with E-state index in [2.05, 4.69) is 0 Å². The van der Waals surface area contributed by atoms with Crippen LogP contribution >= 0.6 is 0 Å². The molecular formula is C5H17N. The second-order valence-corrected chi connectivity index (χ2v) is 0.408. The maximum Gasteiger partial charge on any atom is -0.0106 e. The van der Waals surface area contributed by atoms with Gasteiger partial charge >= 0.3 is 0 Å². The molecule has 0 heterocycles. The zero-order valence-electron chi connectivity index (χ0n) is 4.28. The smallest absolute Gasteiger partial charge is 0.0106 e. The Balaban J connectivity index is -0.0000000275. The number of nitrogens with two attached hydrogens (primary N) is 1. The molecule has 1 heteroatoms. The topological polar surface area (TPSA) is 26.0 Å². The van der Waals surface area contributed by atoms with Crippen molar-refractivity contribution in [2.75, 3.05) is 6.54 Å². The Kier molecular flexibility index (Phi) is 235. The second kappa shape index (κ2) is 84.4. The van der Waals surface area contributed by atoms with Gasteiger partial charge < -0.3 is 5.73 Å². The molecule has 0 radical (unpaired) electrons. The van der Waals surface area contributed by atoms with Crippen LogP contribution in [-0.4, -0.2) is 6.54 Å². The molecule has 0 saturated heterocycles. The van der Waals surface area contributed by atoms with Crippen LogP contribution in [0.25, 0.3) is 0 Å². The summed E-state index contributed by atoms with van der Waals surface area (Å²) in [4.78, 5) is 0. The zero-order valence-corrected chi connectivity index (χ0v) is 4.28. The minimum absolute atomic E-state index is 0. The number of rotatable bonds is 0. The maximum absolute atomic E-state index is 4.85. The highest BCUT2D eigenvalue weighted by Gasteiger charge is 1.32. The molecule has 0 atom stereocenters. The third-order valence-corrected chi connectivity index (χ3v) is 0. The molecule has 0 aromatic heterocycles. The van der Waals surface area contributed by atoms with Crippen molar-refractivity contribution in [2.24, 2.45) is 5.73 Å². The summed E-state index contributed by atoms with van der Waals surface area (Å²) >= 11 is 0. The first-order chi connectivity index (χ1) is 2.41. The van der Waals surface area contributed by atoms with Crippen molar-refractivity contribution in [3.05, 3.63) is 0 Å². The van der Waals surface area contributed by atoms with Crippen LogP contribution in [0.15, 0.2) is 0 Å². The van der Waals surface area contributed by atoms with Gasteiger partial charge in [0, 0.05) is 0 Å². The van der Waals surface area contributed by atoms with Gasteiger partial charge in [0.15, 0.2) is 0 Å². The van der Waals surface area contributed by atoms with E-state index in [0.717, 1.165) is 6.54 Å². The molecular weight excluding hydrogens is 74.1 g/mol. The number of hydrogen-bond donors (Lipinski definition) is 1. The molecule has 0 aromatic rings. The van der Waals surface area contributed by atoms with E-state index in [1.165, 1.54) is 0 Å². The lowest BCUT2D eigenvalue weighted by Crippen LogP contribution is -1.87. The van der Waals surface area contributed by atoms with Crippen molar-refractivity contribution in [3.8, 4) is 0 Å². The van der Waals surface area contributed by atoms with Crippen molar-refractivity contribution in [1.82, 2.24) is 0 Å². The molecule has 0 spiro atoms. The zero-order chi connectivity index (χ0) is 4.71. The van der Waals surface area contributed by atoms with Crippen molar-refractivity contribution in [2.45, 2.75) is 28.2 Å². The van der Waals surface area contributed by atoms with Gasteiger partial charge in [-0.1, -0.05) is 28.2 Å². The molecule has 0 saturated carbocycles. The minimum Gasteiger partial charge on any atom is -0.331 e. The van der Waals surface area contributed by atoms with Crippen molar-refractivity contribution in [1.29, 1.82) is 0 Å². The lowest BCUT2D eigenvalue weighted by atomic mass is 10.8. The Labute approximate surface area is 41.6 Å². The molecule has 0 aliphatic carbocycles. The molecule has 0 fully saturated rings. The van der Waals surface area contributed by atoms with Crippen LogP contribution in [-0.2, 0) is 0 Å². The first-order valence-corrected chi connectivity index (χ1v) is 2.12. The Morgan fingerprint density at radius 2 is 1.33 bits per heavy atom. The van der Waals surface area contributed by atoms with E-state index in [1.54, 1.807) is 0 Å². The summed E-state index contributed by atoms with van der Waals surface area (Å²) in [5, 5.41) is 0. The van der Waals surface area contributed by atoms with E-state index in [0.29, 0.717) is 0 Å². The molecule has 6 heavy (non-hydrogen) atoms.